The van der Waals surface area contributed by atoms with Crippen molar-refractivity contribution in [3.05, 3.63) is 29.3 Å². The highest BCUT2D eigenvalue weighted by Gasteiger charge is 2.27. The number of likely N-dealkylation sites (tertiary alicyclic amines) is 1. The average molecular weight is 390 g/mol. The molecule has 1 aromatic rings. The Balaban J connectivity index is 1.78. The zero-order valence-corrected chi connectivity index (χ0v) is 15.0. The molecule has 8 nitrogen and oxygen atoms in total. The quantitative estimate of drug-likeness (QED) is 0.630. The molecule has 2 rings (SSSR count). The fourth-order valence-corrected chi connectivity index (χ4v) is 3.88. The number of aliphatic carboxylic acids is 1. The van der Waals surface area contributed by atoms with Crippen LogP contribution >= 0.6 is 11.6 Å². The Labute approximate surface area is 151 Å². The molecule has 0 radical (unpaired) electrons. The van der Waals surface area contributed by atoms with Gasteiger partial charge < -0.3 is 15.3 Å². The van der Waals surface area contributed by atoms with E-state index in [1.807, 2.05) is 0 Å². The van der Waals surface area contributed by atoms with Crippen molar-refractivity contribution in [1.29, 1.82) is 0 Å². The molecule has 10 heteroatoms. The topological polar surface area (TPSA) is 116 Å². The molecule has 138 valence electrons. The predicted octanol–water partition coefficient (Wildman–Crippen LogP) is 1.12. The zero-order valence-electron chi connectivity index (χ0n) is 13.4. The van der Waals surface area contributed by atoms with Crippen LogP contribution in [0.2, 0.25) is 5.02 Å². The molecule has 2 amide bonds. The number of carboxylic acid groups (broad SMARTS) is 1. The number of hydrogen-bond donors (Lipinski definition) is 3. The lowest BCUT2D eigenvalue weighted by atomic mass is 9.99. The fourth-order valence-electron chi connectivity index (χ4n) is 2.55. The number of benzene rings is 1. The maximum atomic E-state index is 12.1. The molecule has 0 saturated carbocycles. The van der Waals surface area contributed by atoms with E-state index in [1.165, 1.54) is 23.1 Å². The van der Waals surface area contributed by atoms with Gasteiger partial charge in [-0.05, 0) is 31.0 Å². The molecular weight excluding hydrogens is 370 g/mol. The van der Waals surface area contributed by atoms with Gasteiger partial charge in [0.25, 0.3) is 0 Å². The first-order chi connectivity index (χ1) is 11.8. The molecule has 1 fully saturated rings. The minimum Gasteiger partial charge on any atom is -0.481 e. The van der Waals surface area contributed by atoms with Crippen LogP contribution in [0.25, 0.3) is 0 Å². The van der Waals surface area contributed by atoms with Crippen LogP contribution in [-0.2, 0) is 14.8 Å². The first kappa shape index (κ1) is 19.5. The Morgan fingerprint density at radius 1 is 1.32 bits per heavy atom. The molecule has 1 aliphatic heterocycles. The number of rotatable bonds is 6. The van der Waals surface area contributed by atoms with Crippen LogP contribution in [0.4, 0.5) is 4.79 Å². The number of sulfonamides is 1. The van der Waals surface area contributed by atoms with E-state index in [9.17, 15) is 18.0 Å². The van der Waals surface area contributed by atoms with Gasteiger partial charge in [-0.1, -0.05) is 17.7 Å². The third kappa shape index (κ3) is 5.58. The lowest BCUT2D eigenvalue weighted by Crippen LogP contribution is -2.48. The first-order valence-corrected chi connectivity index (χ1v) is 9.66. The van der Waals surface area contributed by atoms with Gasteiger partial charge in [0.1, 0.15) is 0 Å². The van der Waals surface area contributed by atoms with Crippen molar-refractivity contribution in [3.8, 4) is 0 Å². The number of nitrogens with one attached hydrogen (secondary N) is 2. The number of carboxylic acids is 1. The summed E-state index contributed by atoms with van der Waals surface area (Å²) >= 11 is 5.78. The summed E-state index contributed by atoms with van der Waals surface area (Å²) < 4.78 is 26.6. The monoisotopic (exact) mass is 389 g/mol. The minimum absolute atomic E-state index is 0.0107. The number of carbonyl (C=O) groups excluding carboxylic acids is 1. The normalized spacial score (nSPS) is 18.0. The van der Waals surface area contributed by atoms with Crippen molar-refractivity contribution in [2.45, 2.75) is 17.7 Å². The van der Waals surface area contributed by atoms with E-state index in [4.69, 9.17) is 16.7 Å². The van der Waals surface area contributed by atoms with E-state index >= 15 is 0 Å². The second-order valence-corrected chi connectivity index (χ2v) is 7.91. The fraction of sp³-hybridized carbons (Fsp3) is 0.467. The molecule has 25 heavy (non-hydrogen) atoms. The maximum absolute atomic E-state index is 12.1. The number of nitrogens with zero attached hydrogens (tertiary/aromatic N) is 1. The van der Waals surface area contributed by atoms with Crippen LogP contribution in [-0.4, -0.2) is 56.6 Å². The number of hydrogen-bond acceptors (Lipinski definition) is 4. The Bertz CT molecular complexity index is 740. The number of carbonyl (C=O) groups is 2. The molecule has 1 unspecified atom stereocenters. The van der Waals surface area contributed by atoms with Crippen molar-refractivity contribution < 1.29 is 23.1 Å². The zero-order chi connectivity index (χ0) is 18.4. The van der Waals surface area contributed by atoms with Gasteiger partial charge >= 0.3 is 12.0 Å². The van der Waals surface area contributed by atoms with Crippen LogP contribution in [0, 0.1) is 5.92 Å². The van der Waals surface area contributed by atoms with Crippen LogP contribution < -0.4 is 10.0 Å². The van der Waals surface area contributed by atoms with E-state index in [0.717, 1.165) is 0 Å². The summed E-state index contributed by atoms with van der Waals surface area (Å²) in [6, 6.07) is 5.47. The summed E-state index contributed by atoms with van der Waals surface area (Å²) in [6.07, 6.45) is 1.18. The molecule has 1 aliphatic rings. The molecule has 3 N–H and O–H groups in total. The van der Waals surface area contributed by atoms with Gasteiger partial charge in [0, 0.05) is 31.2 Å². The second-order valence-electron chi connectivity index (χ2n) is 5.71. The first-order valence-electron chi connectivity index (χ1n) is 7.80. The number of amides is 2. The summed E-state index contributed by atoms with van der Waals surface area (Å²) in [6.45, 7) is 0.753. The molecule has 1 saturated heterocycles. The number of urea groups is 1. The third-order valence-electron chi connectivity index (χ3n) is 3.86. The van der Waals surface area contributed by atoms with Gasteiger partial charge in [-0.2, -0.15) is 0 Å². The SMILES string of the molecule is O=C(O)C1CCCN(C(=O)NCCNS(=O)(=O)c2cccc(Cl)c2)C1. The standard InChI is InChI=1S/C15H20ClN3O5S/c16-12-4-1-5-13(9-12)25(23,24)18-7-6-17-15(22)19-8-2-3-11(10-19)14(20)21/h1,4-5,9,11,18H,2-3,6-8,10H2,(H,17,22)(H,20,21). The Hall–Kier alpha value is -1.84. The van der Waals surface area contributed by atoms with E-state index in [-0.39, 0.29) is 24.5 Å². The smallest absolute Gasteiger partial charge is 0.317 e. The molecule has 1 aromatic carbocycles. The lowest BCUT2D eigenvalue weighted by Gasteiger charge is -2.30. The molecule has 1 atom stereocenters. The van der Waals surface area contributed by atoms with E-state index in [0.29, 0.717) is 24.4 Å². The number of halogens is 1. The summed E-state index contributed by atoms with van der Waals surface area (Å²) in [4.78, 5) is 24.5. The van der Waals surface area contributed by atoms with Crippen LogP contribution in [0.1, 0.15) is 12.8 Å². The van der Waals surface area contributed by atoms with Crippen molar-refractivity contribution >= 4 is 33.6 Å². The third-order valence-corrected chi connectivity index (χ3v) is 5.55. The average Bonchev–Trinajstić information content (AvgIpc) is 2.58. The van der Waals surface area contributed by atoms with Crippen molar-refractivity contribution in [2.24, 2.45) is 5.92 Å². The molecule has 0 bridgehead atoms. The highest BCUT2D eigenvalue weighted by molar-refractivity contribution is 7.89. The van der Waals surface area contributed by atoms with Crippen molar-refractivity contribution in [2.75, 3.05) is 26.2 Å². The highest BCUT2D eigenvalue weighted by Crippen LogP contribution is 2.16. The molecular formula is C15H20ClN3O5S. The van der Waals surface area contributed by atoms with Crippen LogP contribution in [0.3, 0.4) is 0 Å². The van der Waals surface area contributed by atoms with E-state index in [1.54, 1.807) is 6.07 Å². The lowest BCUT2D eigenvalue weighted by molar-refractivity contribution is -0.143. The minimum atomic E-state index is -3.70. The Morgan fingerprint density at radius 2 is 2.08 bits per heavy atom. The summed E-state index contributed by atoms with van der Waals surface area (Å²) in [5.74, 6) is -1.47. The van der Waals surface area contributed by atoms with E-state index in [2.05, 4.69) is 10.0 Å². The van der Waals surface area contributed by atoms with Crippen molar-refractivity contribution in [3.63, 3.8) is 0 Å². The maximum Gasteiger partial charge on any atom is 0.317 e. The summed E-state index contributed by atoms with van der Waals surface area (Å²) in [7, 11) is -3.70. The molecule has 0 aromatic heterocycles. The van der Waals surface area contributed by atoms with E-state index < -0.39 is 27.9 Å². The van der Waals surface area contributed by atoms with Gasteiger partial charge in [-0.15, -0.1) is 0 Å². The molecule has 0 aliphatic carbocycles. The number of piperidine rings is 1. The predicted molar refractivity (Wildman–Crippen MR) is 92.0 cm³/mol. The summed E-state index contributed by atoms with van der Waals surface area (Å²) in [5.41, 5.74) is 0. The highest BCUT2D eigenvalue weighted by atomic mass is 35.5. The van der Waals surface area contributed by atoms with Crippen LogP contribution in [0.5, 0.6) is 0 Å². The van der Waals surface area contributed by atoms with Gasteiger partial charge in [-0.3, -0.25) is 4.79 Å². The molecule has 1 heterocycles. The summed E-state index contributed by atoms with van der Waals surface area (Å²) in [5, 5.41) is 11.9. The second kappa shape index (κ2) is 8.50. The van der Waals surface area contributed by atoms with Crippen LogP contribution in [0.15, 0.2) is 29.2 Å². The van der Waals surface area contributed by atoms with Crippen molar-refractivity contribution in [1.82, 2.24) is 14.9 Å². The van der Waals surface area contributed by atoms with Gasteiger partial charge in [0.2, 0.25) is 10.0 Å². The largest absolute Gasteiger partial charge is 0.481 e. The van der Waals surface area contributed by atoms with Gasteiger partial charge in [-0.25, -0.2) is 17.9 Å². The van der Waals surface area contributed by atoms with Gasteiger partial charge in [0.15, 0.2) is 0 Å². The Morgan fingerprint density at radius 3 is 2.76 bits per heavy atom. The molecule has 0 spiro atoms. The Kier molecular flexibility index (Phi) is 6.63. The van der Waals surface area contributed by atoms with Gasteiger partial charge in [0.05, 0.1) is 10.8 Å².